The minimum atomic E-state index is -1.38. The Labute approximate surface area is 227 Å². The number of carbonyl (C=O) groups is 2. The molecule has 7 nitrogen and oxygen atoms in total. The van der Waals surface area contributed by atoms with Crippen molar-refractivity contribution in [3.63, 3.8) is 0 Å². The molecule has 37 heavy (non-hydrogen) atoms. The molecule has 4 N–H and O–H groups in total. The summed E-state index contributed by atoms with van der Waals surface area (Å²) in [6.07, 6.45) is -1.21. The van der Waals surface area contributed by atoms with Crippen molar-refractivity contribution in [3.05, 3.63) is 81.9 Å². The van der Waals surface area contributed by atoms with E-state index in [9.17, 15) is 19.8 Å². The molecule has 0 fully saturated rings. The number of hydrogen-bond donors (Lipinski definition) is 4. The van der Waals surface area contributed by atoms with Crippen LogP contribution >= 0.6 is 23.5 Å². The zero-order chi connectivity index (χ0) is 27.7. The molecule has 2 atom stereocenters. The van der Waals surface area contributed by atoms with Crippen molar-refractivity contribution in [1.29, 1.82) is 0 Å². The van der Waals surface area contributed by atoms with E-state index in [-0.39, 0.29) is 0 Å². The summed E-state index contributed by atoms with van der Waals surface area (Å²) in [7, 11) is 3.25. The largest absolute Gasteiger partial charge is 0.480 e. The second-order valence-electron chi connectivity index (χ2n) is 8.62. The number of carbonyl (C=O) groups excluding carboxylic acids is 1. The highest BCUT2D eigenvalue weighted by Gasteiger charge is 2.26. The predicted molar refractivity (Wildman–Crippen MR) is 151 cm³/mol. The third-order valence-corrected chi connectivity index (χ3v) is 6.84. The van der Waals surface area contributed by atoms with Crippen LogP contribution < -0.4 is 10.0 Å². The van der Waals surface area contributed by atoms with Crippen LogP contribution in [0.3, 0.4) is 0 Å². The van der Waals surface area contributed by atoms with Crippen LogP contribution in [0.4, 0.5) is 5.69 Å². The topological polar surface area (TPSA) is 108 Å². The van der Waals surface area contributed by atoms with Crippen LogP contribution in [0, 0.1) is 20.8 Å². The zero-order valence-electron chi connectivity index (χ0n) is 21.8. The number of aliphatic carboxylic acids is 1. The van der Waals surface area contributed by atoms with E-state index >= 15 is 0 Å². The van der Waals surface area contributed by atoms with Crippen molar-refractivity contribution < 1.29 is 24.5 Å². The lowest BCUT2D eigenvalue weighted by Crippen LogP contribution is -2.47. The van der Waals surface area contributed by atoms with Crippen LogP contribution in [0.1, 0.15) is 34.0 Å². The predicted octanol–water partition coefficient (Wildman–Crippen LogP) is 5.88. The smallest absolute Gasteiger partial charge is 0.328 e. The van der Waals surface area contributed by atoms with E-state index in [1.54, 1.807) is 27.2 Å². The Bertz CT molecular complexity index is 1250. The lowest BCUT2D eigenvalue weighted by molar-refractivity contribution is -0.141. The summed E-state index contributed by atoms with van der Waals surface area (Å²) in [6.45, 7) is 7.11. The highest BCUT2D eigenvalue weighted by atomic mass is 35.5. The molecule has 1 unspecified atom stereocenters. The fourth-order valence-corrected chi connectivity index (χ4v) is 4.47. The second kappa shape index (κ2) is 14.0. The molecule has 9 heteroatoms. The Balaban J connectivity index is 0.00000153. The van der Waals surface area contributed by atoms with E-state index in [1.807, 2.05) is 56.3 Å². The number of nitrogens with one attached hydrogen (secondary N) is 2. The van der Waals surface area contributed by atoms with Gasteiger partial charge < -0.3 is 25.0 Å². The molecule has 0 aliphatic heterocycles. The lowest BCUT2D eigenvalue weighted by Gasteiger charge is -2.18. The minimum Gasteiger partial charge on any atom is -0.480 e. The molecule has 0 aliphatic rings. The summed E-state index contributed by atoms with van der Waals surface area (Å²) in [4.78, 5) is 24.9. The summed E-state index contributed by atoms with van der Waals surface area (Å²) in [5.41, 5.74) is 5.99. The number of methoxy groups -OCH3 is 1. The normalized spacial score (nSPS) is 12.1. The molecule has 0 radical (unpaired) electrons. The Morgan fingerprint density at radius 1 is 0.946 bits per heavy atom. The number of ether oxygens (including phenoxy) is 1. The fourth-order valence-electron chi connectivity index (χ4n) is 3.45. The Morgan fingerprint density at radius 3 is 2.19 bits per heavy atom. The van der Waals surface area contributed by atoms with Crippen molar-refractivity contribution in [3.8, 4) is 11.1 Å². The molecule has 0 spiro atoms. The van der Waals surface area contributed by atoms with E-state index in [0.717, 1.165) is 37.9 Å². The molecule has 0 saturated carbocycles. The SMILES string of the molecule is COC.Cc1cc(SNc2cccc(-c3ccc(C(=O)NC(C(=O)O)[C@H](C)O)c(C)c3)c2)c(C)cc1Cl. The van der Waals surface area contributed by atoms with E-state index < -0.39 is 24.0 Å². The van der Waals surface area contributed by atoms with E-state index in [1.165, 1.54) is 18.9 Å². The summed E-state index contributed by atoms with van der Waals surface area (Å²) in [5.74, 6) is -1.83. The lowest BCUT2D eigenvalue weighted by atomic mass is 9.99. The Hall–Kier alpha value is -3.04. The molecule has 0 aromatic heterocycles. The van der Waals surface area contributed by atoms with Gasteiger partial charge in [0.1, 0.15) is 0 Å². The molecular formula is C28H33ClN2O5S. The number of aryl methyl sites for hydroxylation is 3. The van der Waals surface area contributed by atoms with E-state index in [0.29, 0.717) is 11.1 Å². The van der Waals surface area contributed by atoms with Crippen molar-refractivity contribution in [2.45, 2.75) is 44.7 Å². The third-order valence-electron chi connectivity index (χ3n) is 5.44. The van der Waals surface area contributed by atoms with E-state index in [2.05, 4.69) is 20.8 Å². The van der Waals surface area contributed by atoms with Crippen molar-refractivity contribution in [1.82, 2.24) is 5.32 Å². The van der Waals surface area contributed by atoms with Crippen LogP contribution in [-0.4, -0.2) is 48.5 Å². The number of aliphatic hydroxyl groups is 1. The first kappa shape index (κ1) is 30.2. The first-order valence-corrected chi connectivity index (χ1v) is 12.7. The maximum absolute atomic E-state index is 12.6. The maximum Gasteiger partial charge on any atom is 0.328 e. The average Bonchev–Trinajstić information content (AvgIpc) is 2.84. The average molecular weight is 545 g/mol. The van der Waals surface area contributed by atoms with Gasteiger partial charge in [0.2, 0.25) is 0 Å². The van der Waals surface area contributed by atoms with Gasteiger partial charge in [0, 0.05) is 35.4 Å². The molecule has 1 amide bonds. The number of hydrogen-bond acceptors (Lipinski definition) is 6. The van der Waals surface area contributed by atoms with Gasteiger partial charge in [0.25, 0.3) is 5.91 Å². The molecule has 0 heterocycles. The summed E-state index contributed by atoms with van der Waals surface area (Å²) in [6, 6.07) is 15.9. The van der Waals surface area contributed by atoms with Crippen LogP contribution in [0.15, 0.2) is 59.5 Å². The van der Waals surface area contributed by atoms with Crippen LogP contribution in [-0.2, 0) is 9.53 Å². The zero-order valence-corrected chi connectivity index (χ0v) is 23.3. The van der Waals surface area contributed by atoms with Gasteiger partial charge in [-0.15, -0.1) is 0 Å². The summed E-state index contributed by atoms with van der Waals surface area (Å²) in [5, 5.41) is 21.9. The molecule has 0 saturated heterocycles. The first-order valence-electron chi connectivity index (χ1n) is 11.5. The van der Waals surface area contributed by atoms with Crippen molar-refractivity contribution >= 4 is 41.1 Å². The van der Waals surface area contributed by atoms with Gasteiger partial charge in [-0.1, -0.05) is 35.9 Å². The van der Waals surface area contributed by atoms with E-state index in [4.69, 9.17) is 11.6 Å². The van der Waals surface area contributed by atoms with Crippen molar-refractivity contribution in [2.24, 2.45) is 0 Å². The Kier molecular flexibility index (Phi) is 11.5. The number of benzene rings is 3. The van der Waals surface area contributed by atoms with Crippen LogP contribution in [0.2, 0.25) is 5.02 Å². The second-order valence-corrected chi connectivity index (χ2v) is 9.88. The highest BCUT2D eigenvalue weighted by molar-refractivity contribution is 8.00. The molecule has 0 aliphatic carbocycles. The number of anilines is 1. The monoisotopic (exact) mass is 544 g/mol. The first-order chi connectivity index (χ1) is 17.5. The van der Waals surface area contributed by atoms with Gasteiger partial charge in [0.05, 0.1) is 6.10 Å². The number of amides is 1. The minimum absolute atomic E-state index is 0.356. The van der Waals surface area contributed by atoms with Gasteiger partial charge >= 0.3 is 5.97 Å². The Morgan fingerprint density at radius 2 is 1.59 bits per heavy atom. The number of carboxylic acids is 1. The van der Waals surface area contributed by atoms with Gasteiger partial charge in [-0.3, -0.25) is 4.79 Å². The number of carboxylic acid groups (broad SMARTS) is 1. The summed E-state index contributed by atoms with van der Waals surface area (Å²) >= 11 is 7.71. The number of rotatable bonds is 8. The third kappa shape index (κ3) is 8.50. The molecule has 0 bridgehead atoms. The number of aliphatic hydroxyl groups excluding tert-OH is 1. The number of halogens is 1. The summed E-state index contributed by atoms with van der Waals surface area (Å²) < 4.78 is 7.63. The van der Waals surface area contributed by atoms with Crippen molar-refractivity contribution in [2.75, 3.05) is 18.9 Å². The van der Waals surface area contributed by atoms with Gasteiger partial charge in [-0.2, -0.15) is 0 Å². The molecule has 198 valence electrons. The molecule has 3 aromatic rings. The molecule has 3 rings (SSSR count). The fraction of sp³-hybridized carbons (Fsp3) is 0.286. The van der Waals surface area contributed by atoms with Gasteiger partial charge in [-0.25, -0.2) is 4.79 Å². The van der Waals surface area contributed by atoms with Gasteiger partial charge in [-0.05, 0) is 97.8 Å². The van der Waals surface area contributed by atoms with Gasteiger partial charge in [0.15, 0.2) is 6.04 Å². The van der Waals surface area contributed by atoms with Crippen LogP contribution in [0.5, 0.6) is 0 Å². The standard InChI is InChI=1S/C26H27ClN2O4S.C2H6O/c1-14-10-19(8-9-21(14)25(31)28-24(17(4)30)26(32)33)18-6-5-7-20(13-18)29-34-23-12-15(2)22(27)11-16(23)3;1-3-2/h5-13,17,24,29-30H,1-4H3,(H,28,31)(H,32,33);1-2H3/t17-,24?;/m0./s1. The molecule has 3 aromatic carbocycles. The quantitative estimate of drug-likeness (QED) is 0.262. The van der Waals surface area contributed by atoms with Crippen LogP contribution in [0.25, 0.3) is 11.1 Å². The highest BCUT2D eigenvalue weighted by Crippen LogP contribution is 2.31. The maximum atomic E-state index is 12.6. The molecular weight excluding hydrogens is 512 g/mol.